The summed E-state index contributed by atoms with van der Waals surface area (Å²) in [7, 11) is 0. The summed E-state index contributed by atoms with van der Waals surface area (Å²) in [5.41, 5.74) is 9.01. The van der Waals surface area contributed by atoms with E-state index in [1.54, 1.807) is 43.3 Å². The Morgan fingerprint density at radius 2 is 1.97 bits per heavy atom. The summed E-state index contributed by atoms with van der Waals surface area (Å²) in [5.74, 6) is 0.702. The monoisotopic (exact) mass is 532 g/mol. The van der Waals surface area contributed by atoms with Crippen molar-refractivity contribution in [2.45, 2.75) is 23.8 Å². The molecule has 2 aromatic heterocycles. The van der Waals surface area contributed by atoms with Crippen molar-refractivity contribution < 1.29 is 14.2 Å². The molecule has 4 N–H and O–H groups in total. The maximum atomic E-state index is 13.1. The molecule has 0 saturated heterocycles. The minimum absolute atomic E-state index is 0.0397. The molecule has 1 unspecified atom stereocenters. The first-order valence-corrected chi connectivity index (χ1v) is 12.9. The lowest BCUT2D eigenvalue weighted by Crippen LogP contribution is -2.12. The first kappa shape index (κ1) is 25.9. The molecule has 0 aliphatic rings. The molecule has 4 aromatic rings. The highest BCUT2D eigenvalue weighted by atomic mass is 32.2. The molecular formula is C26H21FN6O2S2. The van der Waals surface area contributed by atoms with Crippen LogP contribution in [0.1, 0.15) is 18.2 Å². The third kappa shape index (κ3) is 6.35. The summed E-state index contributed by atoms with van der Waals surface area (Å²) in [6.07, 6.45) is -0.606. The maximum Gasteiger partial charge on any atom is 0.236 e. The van der Waals surface area contributed by atoms with Gasteiger partial charge in [-0.05, 0) is 48.9 Å². The zero-order valence-electron chi connectivity index (χ0n) is 19.6. The van der Waals surface area contributed by atoms with Gasteiger partial charge in [-0.1, -0.05) is 23.9 Å². The fourth-order valence-corrected chi connectivity index (χ4v) is 5.06. The van der Waals surface area contributed by atoms with Crippen molar-refractivity contribution in [2.24, 2.45) is 0 Å². The van der Waals surface area contributed by atoms with Crippen molar-refractivity contribution in [1.29, 1.82) is 5.26 Å². The van der Waals surface area contributed by atoms with E-state index in [1.165, 1.54) is 35.2 Å². The van der Waals surface area contributed by atoms with Crippen LogP contribution in [-0.4, -0.2) is 27.8 Å². The van der Waals surface area contributed by atoms with Crippen LogP contribution in [0.2, 0.25) is 0 Å². The minimum atomic E-state index is -0.606. The average Bonchev–Trinajstić information content (AvgIpc) is 3.34. The van der Waals surface area contributed by atoms with E-state index in [0.29, 0.717) is 32.8 Å². The second-order valence-corrected chi connectivity index (χ2v) is 9.70. The number of aliphatic hydroxyl groups is 1. The highest BCUT2D eigenvalue weighted by molar-refractivity contribution is 7.98. The minimum Gasteiger partial charge on any atom is -0.491 e. The van der Waals surface area contributed by atoms with Crippen LogP contribution in [0.4, 0.5) is 26.7 Å². The van der Waals surface area contributed by atoms with E-state index in [9.17, 15) is 14.8 Å². The van der Waals surface area contributed by atoms with Gasteiger partial charge in [-0.2, -0.15) is 5.26 Å². The van der Waals surface area contributed by atoms with Gasteiger partial charge in [0.15, 0.2) is 5.13 Å². The molecule has 0 amide bonds. The van der Waals surface area contributed by atoms with Crippen LogP contribution >= 0.6 is 23.1 Å². The summed E-state index contributed by atoms with van der Waals surface area (Å²) in [6, 6.07) is 15.1. The normalized spacial score (nSPS) is 11.4. The van der Waals surface area contributed by atoms with Gasteiger partial charge in [0.25, 0.3) is 0 Å². The Labute approximate surface area is 221 Å². The third-order valence-corrected chi connectivity index (χ3v) is 6.84. The molecule has 8 nitrogen and oxygen atoms in total. The van der Waals surface area contributed by atoms with Crippen LogP contribution in [0.5, 0.6) is 5.75 Å². The number of thioether (sulfide) groups is 1. The maximum absolute atomic E-state index is 13.1. The van der Waals surface area contributed by atoms with Crippen molar-refractivity contribution in [2.75, 3.05) is 17.7 Å². The summed E-state index contributed by atoms with van der Waals surface area (Å²) in [6.45, 7) is 9.39. The predicted molar refractivity (Wildman–Crippen MR) is 144 cm³/mol. The van der Waals surface area contributed by atoms with Crippen molar-refractivity contribution >= 4 is 45.4 Å². The number of thiazole rings is 1. The van der Waals surface area contributed by atoms with Crippen molar-refractivity contribution in [1.82, 2.24) is 9.97 Å². The number of nitrogens with two attached hydrogens (primary N) is 1. The molecule has 2 heterocycles. The Kier molecular flexibility index (Phi) is 8.21. The van der Waals surface area contributed by atoms with Crippen LogP contribution in [-0.2, 0) is 5.75 Å². The molecule has 37 heavy (non-hydrogen) atoms. The number of hydrogen-bond acceptors (Lipinski definition) is 9. The van der Waals surface area contributed by atoms with E-state index in [0.717, 1.165) is 11.4 Å². The summed E-state index contributed by atoms with van der Waals surface area (Å²) >= 11 is 2.70. The van der Waals surface area contributed by atoms with E-state index in [-0.39, 0.29) is 29.5 Å². The number of anilines is 3. The standard InChI is InChI=1S/C26H21FN6O2S2/c1-15(34)12-35-20-9-3-16(4-10-20)22-21(11-28)25(33-24(29)23(22)30-2)36-13-19-14-37-26(32-19)31-18-7-5-17(27)6-8-18/h3-10,14-15,34H,12-13H2,1H3,(H2,29,33)(H,31,32). The lowest BCUT2D eigenvalue weighted by atomic mass is 10.00. The molecule has 0 aliphatic heterocycles. The van der Waals surface area contributed by atoms with E-state index < -0.39 is 6.10 Å². The molecule has 4 rings (SSSR count). The van der Waals surface area contributed by atoms with Crippen LogP contribution < -0.4 is 15.8 Å². The van der Waals surface area contributed by atoms with Gasteiger partial charge in [0, 0.05) is 22.4 Å². The number of ether oxygens (including phenoxy) is 1. The summed E-state index contributed by atoms with van der Waals surface area (Å²) in [5, 5.41) is 25.5. The van der Waals surface area contributed by atoms with Crippen LogP contribution in [0.15, 0.2) is 58.9 Å². The van der Waals surface area contributed by atoms with Gasteiger partial charge in [0.1, 0.15) is 35.1 Å². The second-order valence-electron chi connectivity index (χ2n) is 7.87. The lowest BCUT2D eigenvalue weighted by Gasteiger charge is -2.14. The number of benzene rings is 2. The molecular weight excluding hydrogens is 511 g/mol. The number of nitriles is 1. The number of aromatic nitrogens is 2. The van der Waals surface area contributed by atoms with Gasteiger partial charge in [-0.3, -0.25) is 0 Å². The lowest BCUT2D eigenvalue weighted by molar-refractivity contribution is 0.123. The van der Waals surface area contributed by atoms with Gasteiger partial charge in [0.2, 0.25) is 5.69 Å². The number of rotatable bonds is 9. The van der Waals surface area contributed by atoms with Gasteiger partial charge >= 0.3 is 0 Å². The summed E-state index contributed by atoms with van der Waals surface area (Å²) in [4.78, 5) is 12.4. The third-order valence-electron chi connectivity index (χ3n) is 5.03. The van der Waals surface area contributed by atoms with Crippen LogP contribution in [0, 0.1) is 23.7 Å². The Morgan fingerprint density at radius 1 is 1.24 bits per heavy atom. The van der Waals surface area contributed by atoms with E-state index in [1.807, 2.05) is 5.38 Å². The fraction of sp³-hybridized carbons (Fsp3) is 0.154. The number of nitrogen functional groups attached to an aromatic ring is 1. The number of nitrogens with zero attached hydrogens (tertiary/aromatic N) is 4. The topological polar surface area (TPSA) is 121 Å². The van der Waals surface area contributed by atoms with E-state index in [2.05, 4.69) is 26.2 Å². The predicted octanol–water partition coefficient (Wildman–Crippen LogP) is 6.14. The van der Waals surface area contributed by atoms with Crippen molar-refractivity contribution in [3.8, 4) is 22.9 Å². The fourth-order valence-electron chi connectivity index (χ4n) is 3.34. The molecule has 0 fully saturated rings. The highest BCUT2D eigenvalue weighted by Crippen LogP contribution is 2.42. The highest BCUT2D eigenvalue weighted by Gasteiger charge is 2.21. The number of nitrogens with one attached hydrogen (secondary N) is 1. The largest absolute Gasteiger partial charge is 0.491 e. The molecule has 2 aromatic carbocycles. The van der Waals surface area contributed by atoms with Gasteiger partial charge in [-0.15, -0.1) is 11.3 Å². The molecule has 0 radical (unpaired) electrons. The molecule has 0 aliphatic carbocycles. The van der Waals surface area contributed by atoms with Crippen LogP contribution in [0.25, 0.3) is 16.0 Å². The molecule has 186 valence electrons. The van der Waals surface area contributed by atoms with Crippen molar-refractivity contribution in [3.05, 3.63) is 82.4 Å². The molecule has 1 atom stereocenters. The number of halogens is 1. The first-order chi connectivity index (χ1) is 17.9. The molecule has 0 spiro atoms. The summed E-state index contributed by atoms with van der Waals surface area (Å²) < 4.78 is 18.6. The molecule has 0 saturated carbocycles. The number of hydrogen-bond donors (Lipinski definition) is 3. The van der Waals surface area contributed by atoms with E-state index >= 15 is 0 Å². The second kappa shape index (κ2) is 11.7. The Morgan fingerprint density at radius 3 is 2.62 bits per heavy atom. The average molecular weight is 533 g/mol. The van der Waals surface area contributed by atoms with Gasteiger partial charge in [-0.25, -0.2) is 19.2 Å². The van der Waals surface area contributed by atoms with Crippen LogP contribution in [0.3, 0.4) is 0 Å². The molecule has 11 heteroatoms. The number of aliphatic hydroxyl groups excluding tert-OH is 1. The Hall–Kier alpha value is -4.16. The Bertz CT molecular complexity index is 1480. The smallest absolute Gasteiger partial charge is 0.236 e. The van der Waals surface area contributed by atoms with Gasteiger partial charge < -0.3 is 20.9 Å². The quantitative estimate of drug-likeness (QED) is 0.173. The first-order valence-electron chi connectivity index (χ1n) is 11.0. The SMILES string of the molecule is [C-]#[N+]c1c(N)nc(SCc2csc(Nc3ccc(F)cc3)n2)c(C#N)c1-c1ccc(OCC(C)O)cc1. The van der Waals surface area contributed by atoms with Gasteiger partial charge in [0.05, 0.1) is 23.9 Å². The number of pyridine rings is 1. The molecule has 0 bridgehead atoms. The zero-order valence-corrected chi connectivity index (χ0v) is 21.2. The zero-order chi connectivity index (χ0) is 26.4. The van der Waals surface area contributed by atoms with Crippen molar-refractivity contribution in [3.63, 3.8) is 0 Å². The Balaban J connectivity index is 1.56. The van der Waals surface area contributed by atoms with E-state index in [4.69, 9.17) is 17.0 Å².